The van der Waals surface area contributed by atoms with Crippen molar-refractivity contribution in [3.05, 3.63) is 0 Å². The summed E-state index contributed by atoms with van der Waals surface area (Å²) < 4.78 is 0. The minimum Gasteiger partial charge on any atom is -0.480 e. The molecule has 1 fully saturated rings. The lowest BCUT2D eigenvalue weighted by molar-refractivity contribution is -0.148. The molecule has 92 valence electrons. The number of carboxylic acids is 1. The quantitative estimate of drug-likeness (QED) is 0.658. The van der Waals surface area contributed by atoms with E-state index in [0.717, 1.165) is 12.8 Å². The third-order valence-corrected chi connectivity index (χ3v) is 3.47. The van der Waals surface area contributed by atoms with Gasteiger partial charge < -0.3 is 16.2 Å². The molecule has 0 aromatic heterocycles. The number of nitrogens with one attached hydrogen (secondary N) is 1. The van der Waals surface area contributed by atoms with Crippen LogP contribution in [0.1, 0.15) is 46.0 Å². The van der Waals surface area contributed by atoms with Gasteiger partial charge in [-0.2, -0.15) is 0 Å². The Kier molecular flexibility index (Phi) is 3.57. The van der Waals surface area contributed by atoms with Crippen LogP contribution in [0.2, 0.25) is 0 Å². The lowest BCUT2D eigenvalue weighted by Crippen LogP contribution is -2.60. The molecule has 0 radical (unpaired) electrons. The van der Waals surface area contributed by atoms with Crippen LogP contribution in [0.4, 0.5) is 0 Å². The summed E-state index contributed by atoms with van der Waals surface area (Å²) in [6, 6.07) is 0. The molecule has 5 nitrogen and oxygen atoms in total. The Bertz CT molecular complexity index is 294. The largest absolute Gasteiger partial charge is 0.480 e. The Labute approximate surface area is 95.4 Å². The van der Waals surface area contributed by atoms with Gasteiger partial charge in [-0.1, -0.05) is 19.8 Å². The molecule has 0 spiro atoms. The van der Waals surface area contributed by atoms with Gasteiger partial charge in [-0.15, -0.1) is 0 Å². The maximum absolute atomic E-state index is 11.9. The van der Waals surface area contributed by atoms with Crippen LogP contribution in [0.25, 0.3) is 0 Å². The van der Waals surface area contributed by atoms with Gasteiger partial charge in [0.25, 0.3) is 0 Å². The average Bonchev–Trinajstić information content (AvgIpc) is 2.67. The predicted molar refractivity (Wildman–Crippen MR) is 59.9 cm³/mol. The van der Waals surface area contributed by atoms with Crippen molar-refractivity contribution in [1.29, 1.82) is 0 Å². The van der Waals surface area contributed by atoms with Crippen molar-refractivity contribution in [3.63, 3.8) is 0 Å². The van der Waals surface area contributed by atoms with Gasteiger partial charge >= 0.3 is 5.97 Å². The smallest absolute Gasteiger partial charge is 0.329 e. The second-order valence-corrected chi connectivity index (χ2v) is 4.82. The summed E-state index contributed by atoms with van der Waals surface area (Å²) in [4.78, 5) is 23.1. The molecule has 1 saturated carbocycles. The van der Waals surface area contributed by atoms with Crippen molar-refractivity contribution < 1.29 is 14.7 Å². The standard InChI is InChI=1S/C11H20N2O3/c1-3-10(2,12)8(14)13-11(9(15)16)6-4-5-7-11/h3-7,12H2,1-2H3,(H,13,14)(H,15,16). The van der Waals surface area contributed by atoms with Crippen molar-refractivity contribution in [2.45, 2.75) is 57.0 Å². The number of hydrogen-bond acceptors (Lipinski definition) is 3. The summed E-state index contributed by atoms with van der Waals surface area (Å²) in [5.74, 6) is -1.33. The zero-order chi connectivity index (χ0) is 12.4. The molecule has 1 rings (SSSR count). The Morgan fingerprint density at radius 1 is 1.44 bits per heavy atom. The molecule has 0 aliphatic heterocycles. The fourth-order valence-electron chi connectivity index (χ4n) is 1.89. The minimum absolute atomic E-state index is 0.376. The molecule has 1 unspecified atom stereocenters. The van der Waals surface area contributed by atoms with E-state index in [4.69, 9.17) is 5.73 Å². The summed E-state index contributed by atoms with van der Waals surface area (Å²) >= 11 is 0. The van der Waals surface area contributed by atoms with Gasteiger partial charge in [0.05, 0.1) is 5.54 Å². The van der Waals surface area contributed by atoms with Crippen LogP contribution in [0.5, 0.6) is 0 Å². The molecule has 1 aliphatic carbocycles. The average molecular weight is 228 g/mol. The zero-order valence-corrected chi connectivity index (χ0v) is 9.88. The molecule has 1 atom stereocenters. The molecule has 0 heterocycles. The molecule has 4 N–H and O–H groups in total. The van der Waals surface area contributed by atoms with Crippen molar-refractivity contribution in [3.8, 4) is 0 Å². The van der Waals surface area contributed by atoms with Crippen LogP contribution in [0.3, 0.4) is 0 Å². The number of hydrogen-bond donors (Lipinski definition) is 3. The monoisotopic (exact) mass is 228 g/mol. The van der Waals surface area contributed by atoms with Crippen LogP contribution >= 0.6 is 0 Å². The molecular weight excluding hydrogens is 208 g/mol. The van der Waals surface area contributed by atoms with E-state index in [9.17, 15) is 14.7 Å². The lowest BCUT2D eigenvalue weighted by atomic mass is 9.93. The second kappa shape index (κ2) is 4.41. The number of aliphatic carboxylic acids is 1. The van der Waals surface area contributed by atoms with E-state index in [0.29, 0.717) is 19.3 Å². The van der Waals surface area contributed by atoms with Crippen LogP contribution in [-0.4, -0.2) is 28.1 Å². The first kappa shape index (κ1) is 13.0. The van der Waals surface area contributed by atoms with Gasteiger partial charge in [0.1, 0.15) is 5.54 Å². The second-order valence-electron chi connectivity index (χ2n) is 4.82. The summed E-state index contributed by atoms with van der Waals surface area (Å²) in [7, 11) is 0. The van der Waals surface area contributed by atoms with Crippen LogP contribution in [0.15, 0.2) is 0 Å². The van der Waals surface area contributed by atoms with Gasteiger partial charge in [-0.3, -0.25) is 4.79 Å². The Hall–Kier alpha value is -1.10. The Balaban J connectivity index is 2.78. The number of carbonyl (C=O) groups excluding carboxylic acids is 1. The van der Waals surface area contributed by atoms with Crippen molar-refractivity contribution in [2.75, 3.05) is 0 Å². The predicted octanol–water partition coefficient (Wildman–Crippen LogP) is 0.627. The Morgan fingerprint density at radius 2 is 1.94 bits per heavy atom. The van der Waals surface area contributed by atoms with E-state index in [1.54, 1.807) is 6.92 Å². The highest BCUT2D eigenvalue weighted by Crippen LogP contribution is 2.30. The van der Waals surface area contributed by atoms with Crippen LogP contribution in [0, 0.1) is 0 Å². The maximum Gasteiger partial charge on any atom is 0.329 e. The highest BCUT2D eigenvalue weighted by molar-refractivity contribution is 5.91. The lowest BCUT2D eigenvalue weighted by Gasteiger charge is -2.30. The summed E-state index contributed by atoms with van der Waals surface area (Å²) in [6.45, 7) is 3.43. The minimum atomic E-state index is -1.09. The third kappa shape index (κ3) is 2.35. The van der Waals surface area contributed by atoms with Gasteiger partial charge in [-0.25, -0.2) is 4.79 Å². The van der Waals surface area contributed by atoms with Crippen molar-refractivity contribution in [1.82, 2.24) is 5.32 Å². The summed E-state index contributed by atoms with van der Waals surface area (Å²) in [6.07, 6.45) is 3.14. The number of nitrogens with two attached hydrogens (primary N) is 1. The van der Waals surface area contributed by atoms with Gasteiger partial charge in [0.2, 0.25) is 5.91 Å². The van der Waals surface area contributed by atoms with Crippen molar-refractivity contribution in [2.24, 2.45) is 5.73 Å². The molecule has 0 bridgehead atoms. The first-order chi connectivity index (χ1) is 7.34. The van der Waals surface area contributed by atoms with Crippen LogP contribution < -0.4 is 11.1 Å². The van der Waals surface area contributed by atoms with E-state index < -0.39 is 17.0 Å². The summed E-state index contributed by atoms with van der Waals surface area (Å²) in [5.41, 5.74) is 3.71. The van der Waals surface area contributed by atoms with E-state index >= 15 is 0 Å². The molecule has 5 heteroatoms. The summed E-state index contributed by atoms with van der Waals surface area (Å²) in [5, 5.41) is 11.8. The number of rotatable bonds is 4. The highest BCUT2D eigenvalue weighted by atomic mass is 16.4. The normalized spacial score (nSPS) is 22.4. The third-order valence-electron chi connectivity index (χ3n) is 3.47. The van der Waals surface area contributed by atoms with E-state index in [1.807, 2.05) is 6.92 Å². The first-order valence-corrected chi connectivity index (χ1v) is 5.69. The first-order valence-electron chi connectivity index (χ1n) is 5.69. The number of carboxylic acid groups (broad SMARTS) is 1. The number of amides is 1. The highest BCUT2D eigenvalue weighted by Gasteiger charge is 2.44. The molecular formula is C11H20N2O3. The van der Waals surface area contributed by atoms with E-state index in [-0.39, 0.29) is 5.91 Å². The molecule has 16 heavy (non-hydrogen) atoms. The zero-order valence-electron chi connectivity index (χ0n) is 9.88. The number of carbonyl (C=O) groups is 2. The van der Waals surface area contributed by atoms with Gasteiger partial charge in [0, 0.05) is 0 Å². The fraction of sp³-hybridized carbons (Fsp3) is 0.818. The topological polar surface area (TPSA) is 92.4 Å². The molecule has 1 aliphatic rings. The van der Waals surface area contributed by atoms with Crippen molar-refractivity contribution >= 4 is 11.9 Å². The molecule has 0 aromatic rings. The van der Waals surface area contributed by atoms with E-state index in [2.05, 4.69) is 5.32 Å². The van der Waals surface area contributed by atoms with Gasteiger partial charge in [0.15, 0.2) is 0 Å². The molecule has 0 aromatic carbocycles. The Morgan fingerprint density at radius 3 is 2.31 bits per heavy atom. The fourth-order valence-corrected chi connectivity index (χ4v) is 1.89. The SMILES string of the molecule is CCC(C)(N)C(=O)NC1(C(=O)O)CCCC1. The molecule has 1 amide bonds. The maximum atomic E-state index is 11.9. The van der Waals surface area contributed by atoms with Gasteiger partial charge in [-0.05, 0) is 26.2 Å². The molecule has 0 saturated heterocycles. The van der Waals surface area contributed by atoms with Crippen LogP contribution in [-0.2, 0) is 9.59 Å². The van der Waals surface area contributed by atoms with E-state index in [1.165, 1.54) is 0 Å².